The van der Waals surface area contributed by atoms with E-state index in [1.54, 1.807) is 0 Å². The van der Waals surface area contributed by atoms with Crippen LogP contribution in [0.2, 0.25) is 0 Å². The van der Waals surface area contributed by atoms with E-state index < -0.39 is 11.0 Å². The maximum absolute atomic E-state index is 14.4. The third-order valence-corrected chi connectivity index (χ3v) is 13.9. The second-order valence-electron chi connectivity index (χ2n) is 16.3. The van der Waals surface area contributed by atoms with E-state index >= 15 is 0 Å². The van der Waals surface area contributed by atoms with Gasteiger partial charge in [0.2, 0.25) is 0 Å². The summed E-state index contributed by atoms with van der Waals surface area (Å²) >= 11 is 0. The lowest BCUT2D eigenvalue weighted by Gasteiger charge is -2.75. The van der Waals surface area contributed by atoms with Crippen molar-refractivity contribution in [3.63, 3.8) is 0 Å². The van der Waals surface area contributed by atoms with E-state index in [1.165, 1.54) is 13.3 Å². The van der Waals surface area contributed by atoms with E-state index in [-0.39, 0.29) is 56.8 Å². The number of fused-ring (bicyclic) bond motifs is 7. The highest BCUT2D eigenvalue weighted by molar-refractivity contribution is 5.90. The van der Waals surface area contributed by atoms with Crippen molar-refractivity contribution in [1.29, 1.82) is 0 Å². The fraction of sp³-hybridized carbons (Fsp3) is 0.938. The van der Waals surface area contributed by atoms with Crippen LogP contribution in [0.5, 0.6) is 0 Å². The monoisotopic (exact) mass is 500 g/mol. The lowest BCUT2D eigenvalue weighted by atomic mass is 9.30. The molecule has 36 heavy (non-hydrogen) atoms. The number of hydrogen-bond acceptors (Lipinski definition) is 4. The van der Waals surface area contributed by atoms with Crippen molar-refractivity contribution in [3.8, 4) is 0 Å². The average molecular weight is 501 g/mol. The Bertz CT molecular complexity index is 967. The molecule has 5 rings (SSSR count). The minimum absolute atomic E-state index is 0.000263. The summed E-state index contributed by atoms with van der Waals surface area (Å²) in [6, 6.07) is 0. The molecule has 0 spiro atoms. The number of carbonyl (C=O) groups is 2. The number of carbonyl (C=O) groups excluding carboxylic acids is 2. The molecule has 0 heterocycles. The molecule has 4 heteroatoms. The third-order valence-electron chi connectivity index (χ3n) is 13.9. The SMILES string of the molecule is CC(=O)O[C@H]1CC[C@]2(C)[C@H]3CC(=O)[C@]4(O)[C@@H]5CC(C)(C)CC[C@]5(C)CC[C@@]4(C)[C@]3(C)CC[C@H]2C1(C)C. The van der Waals surface area contributed by atoms with Gasteiger partial charge in [0, 0.05) is 30.1 Å². The van der Waals surface area contributed by atoms with Gasteiger partial charge in [0.1, 0.15) is 11.7 Å². The first-order valence-corrected chi connectivity index (χ1v) is 14.8. The molecule has 5 fully saturated rings. The molecule has 5 aliphatic carbocycles. The first kappa shape index (κ1) is 26.7. The summed E-state index contributed by atoms with van der Waals surface area (Å²) in [6.45, 7) is 20.3. The van der Waals surface area contributed by atoms with E-state index in [4.69, 9.17) is 4.74 Å². The van der Waals surface area contributed by atoms with Gasteiger partial charge in [-0.1, -0.05) is 55.4 Å². The number of ketones is 1. The van der Waals surface area contributed by atoms with Crippen LogP contribution in [0.1, 0.15) is 127 Å². The molecular formula is C32H52O4. The lowest BCUT2D eigenvalue weighted by Crippen LogP contribution is -2.76. The molecule has 0 radical (unpaired) electrons. The van der Waals surface area contributed by atoms with Crippen LogP contribution in [-0.4, -0.2) is 28.6 Å². The van der Waals surface area contributed by atoms with E-state index in [0.29, 0.717) is 12.3 Å². The first-order valence-electron chi connectivity index (χ1n) is 14.8. The Hall–Kier alpha value is -0.900. The minimum Gasteiger partial charge on any atom is -0.462 e. The number of rotatable bonds is 1. The molecule has 0 bridgehead atoms. The summed E-state index contributed by atoms with van der Waals surface area (Å²) in [6.07, 6.45) is 9.67. The van der Waals surface area contributed by atoms with Crippen LogP contribution in [-0.2, 0) is 14.3 Å². The van der Waals surface area contributed by atoms with E-state index in [0.717, 1.165) is 51.4 Å². The second-order valence-corrected chi connectivity index (χ2v) is 16.3. The summed E-state index contributed by atoms with van der Waals surface area (Å²) in [5.41, 5.74) is -1.66. The van der Waals surface area contributed by atoms with Gasteiger partial charge < -0.3 is 9.84 Å². The van der Waals surface area contributed by atoms with Gasteiger partial charge in [0.05, 0.1) is 0 Å². The summed E-state index contributed by atoms with van der Waals surface area (Å²) in [5, 5.41) is 12.8. The zero-order chi connectivity index (χ0) is 26.7. The largest absolute Gasteiger partial charge is 0.462 e. The van der Waals surface area contributed by atoms with Crippen molar-refractivity contribution in [2.75, 3.05) is 0 Å². The quantitative estimate of drug-likeness (QED) is 0.390. The van der Waals surface area contributed by atoms with Gasteiger partial charge in [-0.25, -0.2) is 0 Å². The van der Waals surface area contributed by atoms with Crippen LogP contribution in [0, 0.1) is 50.2 Å². The van der Waals surface area contributed by atoms with Crippen molar-refractivity contribution in [2.24, 2.45) is 50.2 Å². The van der Waals surface area contributed by atoms with Crippen LogP contribution in [0.25, 0.3) is 0 Å². The van der Waals surface area contributed by atoms with Gasteiger partial charge in [-0.05, 0) is 91.3 Å². The number of ether oxygens (including phenoxy) is 1. The standard InChI is InChI=1S/C32H52O4/c1-20(33)36-25-11-12-29(7)21(27(25,4)5)10-13-30(8)22(29)18-24(34)32(35)23-19-26(2,3)14-15-28(23,6)16-17-31(30,32)9/h21-23,25,35H,10-19H2,1-9H3/t21-,22+,23+,25-,28+,29-,30+,31-,32+/m0/s1. The number of hydrogen-bond donors (Lipinski definition) is 1. The maximum Gasteiger partial charge on any atom is 0.302 e. The van der Waals surface area contributed by atoms with Gasteiger partial charge in [-0.15, -0.1) is 0 Å². The van der Waals surface area contributed by atoms with Crippen LogP contribution >= 0.6 is 0 Å². The number of esters is 1. The van der Waals surface area contributed by atoms with Crippen molar-refractivity contribution in [2.45, 2.75) is 138 Å². The van der Waals surface area contributed by atoms with Gasteiger partial charge >= 0.3 is 5.97 Å². The molecule has 5 saturated carbocycles. The van der Waals surface area contributed by atoms with Gasteiger partial charge in [-0.3, -0.25) is 9.59 Å². The highest BCUT2D eigenvalue weighted by Gasteiger charge is 2.77. The van der Waals surface area contributed by atoms with Crippen molar-refractivity contribution >= 4 is 11.8 Å². The maximum atomic E-state index is 14.4. The Labute approximate surface area is 219 Å². The van der Waals surface area contributed by atoms with Crippen molar-refractivity contribution in [3.05, 3.63) is 0 Å². The summed E-state index contributed by atoms with van der Waals surface area (Å²) in [7, 11) is 0. The third kappa shape index (κ3) is 3.15. The molecule has 0 aliphatic heterocycles. The fourth-order valence-electron chi connectivity index (χ4n) is 11.4. The minimum atomic E-state index is -1.24. The Morgan fingerprint density at radius 1 is 0.833 bits per heavy atom. The highest BCUT2D eigenvalue weighted by atomic mass is 16.5. The lowest BCUT2D eigenvalue weighted by molar-refractivity contribution is -0.293. The molecule has 0 aromatic carbocycles. The molecular weight excluding hydrogens is 448 g/mol. The van der Waals surface area contributed by atoms with Crippen LogP contribution in [0.15, 0.2) is 0 Å². The Balaban J connectivity index is 1.57. The van der Waals surface area contributed by atoms with Gasteiger partial charge in [-0.2, -0.15) is 0 Å². The highest BCUT2D eigenvalue weighted by Crippen LogP contribution is 2.77. The molecule has 1 N–H and O–H groups in total. The van der Waals surface area contributed by atoms with Crippen molar-refractivity contribution < 1.29 is 19.4 Å². The van der Waals surface area contributed by atoms with E-state index in [1.807, 2.05) is 0 Å². The van der Waals surface area contributed by atoms with E-state index in [2.05, 4.69) is 55.4 Å². The molecule has 9 atom stereocenters. The van der Waals surface area contributed by atoms with Crippen LogP contribution in [0.4, 0.5) is 0 Å². The first-order chi connectivity index (χ1) is 16.4. The fourth-order valence-corrected chi connectivity index (χ4v) is 11.4. The van der Waals surface area contributed by atoms with Gasteiger partial charge in [0.25, 0.3) is 0 Å². The smallest absolute Gasteiger partial charge is 0.302 e. The Morgan fingerprint density at radius 3 is 2.11 bits per heavy atom. The van der Waals surface area contributed by atoms with Crippen molar-refractivity contribution in [1.82, 2.24) is 0 Å². The van der Waals surface area contributed by atoms with Gasteiger partial charge in [0.15, 0.2) is 5.78 Å². The molecule has 0 aromatic rings. The zero-order valence-corrected chi connectivity index (χ0v) is 24.6. The molecule has 204 valence electrons. The van der Waals surface area contributed by atoms with Crippen LogP contribution < -0.4 is 0 Å². The van der Waals surface area contributed by atoms with Crippen LogP contribution in [0.3, 0.4) is 0 Å². The molecule has 0 saturated heterocycles. The predicted octanol–water partition coefficient (Wildman–Crippen LogP) is 7.11. The molecule has 0 aromatic heterocycles. The normalized spacial score (nSPS) is 53.3. The second kappa shape index (κ2) is 7.60. The Kier molecular flexibility index (Phi) is 5.64. The Morgan fingerprint density at radius 2 is 1.47 bits per heavy atom. The molecule has 5 aliphatic rings. The predicted molar refractivity (Wildman–Crippen MR) is 142 cm³/mol. The summed E-state index contributed by atoms with van der Waals surface area (Å²) < 4.78 is 5.85. The number of Topliss-reactive ketones (excluding diaryl/α,β-unsaturated/α-hetero) is 1. The average Bonchev–Trinajstić information content (AvgIpc) is 2.76. The van der Waals surface area contributed by atoms with E-state index in [9.17, 15) is 14.7 Å². The molecule has 4 nitrogen and oxygen atoms in total. The molecule has 0 unspecified atom stereocenters. The number of aliphatic hydroxyl groups is 1. The topological polar surface area (TPSA) is 63.6 Å². The molecule has 0 amide bonds. The summed E-state index contributed by atoms with van der Waals surface area (Å²) in [5.74, 6) is 0.622. The zero-order valence-electron chi connectivity index (χ0n) is 24.6. The summed E-state index contributed by atoms with van der Waals surface area (Å²) in [4.78, 5) is 26.3.